The lowest BCUT2D eigenvalue weighted by Gasteiger charge is -2.14. The molecular weight excluding hydrogens is 322 g/mol. The van der Waals surface area contributed by atoms with Gasteiger partial charge in [0.25, 0.3) is 5.56 Å². The van der Waals surface area contributed by atoms with Crippen molar-refractivity contribution in [3.63, 3.8) is 0 Å². The van der Waals surface area contributed by atoms with Crippen LogP contribution in [0, 0.1) is 6.92 Å². The first kappa shape index (κ1) is 14.5. The number of halogens is 1. The van der Waals surface area contributed by atoms with Crippen molar-refractivity contribution < 1.29 is 4.79 Å². The van der Waals surface area contributed by atoms with Gasteiger partial charge in [-0.05, 0) is 38.1 Å². The van der Waals surface area contributed by atoms with Crippen LogP contribution in [0.1, 0.15) is 18.7 Å². The van der Waals surface area contributed by atoms with E-state index in [1.165, 1.54) is 10.7 Å². The highest BCUT2D eigenvalue weighted by molar-refractivity contribution is 9.10. The third-order valence-electron chi connectivity index (χ3n) is 2.80. The summed E-state index contributed by atoms with van der Waals surface area (Å²) in [7, 11) is 0. The van der Waals surface area contributed by atoms with E-state index in [0.29, 0.717) is 11.4 Å². The molecule has 1 N–H and O–H groups in total. The minimum Gasteiger partial charge on any atom is -0.324 e. The number of hydrogen-bond donors (Lipinski definition) is 1. The summed E-state index contributed by atoms with van der Waals surface area (Å²) in [5.41, 5.74) is 1.05. The van der Waals surface area contributed by atoms with Gasteiger partial charge in [0.15, 0.2) is 0 Å². The lowest BCUT2D eigenvalue weighted by Crippen LogP contribution is -2.33. The summed E-state index contributed by atoms with van der Waals surface area (Å²) in [4.78, 5) is 23.9. The predicted octanol–water partition coefficient (Wildman–Crippen LogP) is 2.51. The van der Waals surface area contributed by atoms with Crippen molar-refractivity contribution in [3.05, 3.63) is 56.9 Å². The van der Waals surface area contributed by atoms with Crippen molar-refractivity contribution in [2.75, 3.05) is 5.32 Å². The number of rotatable bonds is 3. The molecule has 0 fully saturated rings. The first-order valence-electron chi connectivity index (χ1n) is 6.10. The molecule has 0 saturated carbocycles. The number of aromatic nitrogens is 2. The second-order valence-electron chi connectivity index (χ2n) is 4.43. The molecule has 0 saturated heterocycles. The van der Waals surface area contributed by atoms with Gasteiger partial charge in [-0.15, -0.1) is 0 Å². The highest BCUT2D eigenvalue weighted by Crippen LogP contribution is 2.16. The zero-order chi connectivity index (χ0) is 14.7. The summed E-state index contributed by atoms with van der Waals surface area (Å²) in [5, 5.41) is 6.85. The Bertz CT molecular complexity index is 697. The fourth-order valence-corrected chi connectivity index (χ4v) is 2.12. The second-order valence-corrected chi connectivity index (χ2v) is 5.35. The number of carbonyl (C=O) groups is 1. The fraction of sp³-hybridized carbons (Fsp3) is 0.214. The fourth-order valence-electron chi connectivity index (χ4n) is 1.72. The number of hydrogen-bond acceptors (Lipinski definition) is 3. The van der Waals surface area contributed by atoms with Gasteiger partial charge in [-0.25, -0.2) is 4.68 Å². The van der Waals surface area contributed by atoms with E-state index in [4.69, 9.17) is 0 Å². The number of amides is 1. The molecule has 0 aliphatic carbocycles. The van der Waals surface area contributed by atoms with Crippen LogP contribution in [-0.4, -0.2) is 15.7 Å². The summed E-state index contributed by atoms with van der Waals surface area (Å²) in [6.45, 7) is 3.41. The van der Waals surface area contributed by atoms with Gasteiger partial charge in [0.2, 0.25) is 5.91 Å². The minimum atomic E-state index is -0.679. The molecule has 6 heteroatoms. The summed E-state index contributed by atoms with van der Waals surface area (Å²) in [6, 6.07) is 9.61. The van der Waals surface area contributed by atoms with E-state index in [9.17, 15) is 9.59 Å². The number of anilines is 1. The van der Waals surface area contributed by atoms with Gasteiger partial charge in [-0.1, -0.05) is 22.0 Å². The number of carbonyl (C=O) groups excluding carboxylic acids is 1. The molecule has 5 nitrogen and oxygen atoms in total. The Morgan fingerprint density at radius 2 is 2.10 bits per heavy atom. The van der Waals surface area contributed by atoms with Gasteiger partial charge in [0.05, 0.1) is 5.69 Å². The van der Waals surface area contributed by atoms with Crippen molar-refractivity contribution in [2.45, 2.75) is 19.9 Å². The molecule has 1 aromatic carbocycles. The van der Waals surface area contributed by atoms with Crippen molar-refractivity contribution in [3.8, 4) is 0 Å². The third-order valence-corrected chi connectivity index (χ3v) is 3.29. The van der Waals surface area contributed by atoms with Crippen molar-refractivity contribution >= 4 is 27.5 Å². The van der Waals surface area contributed by atoms with Crippen LogP contribution in [0.25, 0.3) is 0 Å². The number of aryl methyl sites for hydroxylation is 1. The molecule has 1 unspecified atom stereocenters. The Balaban J connectivity index is 2.20. The Morgan fingerprint density at radius 1 is 1.35 bits per heavy atom. The smallest absolute Gasteiger partial charge is 0.267 e. The van der Waals surface area contributed by atoms with Crippen molar-refractivity contribution in [1.82, 2.24) is 9.78 Å². The van der Waals surface area contributed by atoms with Crippen LogP contribution in [0.5, 0.6) is 0 Å². The Hall–Kier alpha value is -1.95. The average molecular weight is 336 g/mol. The molecule has 1 atom stereocenters. The molecule has 1 heterocycles. The van der Waals surface area contributed by atoms with Crippen LogP contribution in [0.4, 0.5) is 5.69 Å². The normalized spacial score (nSPS) is 11.9. The maximum absolute atomic E-state index is 12.2. The molecule has 0 spiro atoms. The van der Waals surface area contributed by atoms with Crippen molar-refractivity contribution in [1.29, 1.82) is 0 Å². The SMILES string of the molecule is Cc1ccc(=O)n(C(C)C(=O)Nc2cccc(Br)c2)n1. The summed E-state index contributed by atoms with van der Waals surface area (Å²) >= 11 is 3.34. The van der Waals surface area contributed by atoms with Gasteiger partial charge in [0.1, 0.15) is 6.04 Å². The largest absolute Gasteiger partial charge is 0.324 e. The van der Waals surface area contributed by atoms with Gasteiger partial charge >= 0.3 is 0 Å². The molecule has 2 aromatic rings. The van der Waals surface area contributed by atoms with Crippen molar-refractivity contribution in [2.24, 2.45) is 0 Å². The maximum atomic E-state index is 12.2. The van der Waals surface area contributed by atoms with E-state index in [2.05, 4.69) is 26.3 Å². The molecule has 1 amide bonds. The van der Waals surface area contributed by atoms with E-state index in [-0.39, 0.29) is 11.5 Å². The molecule has 104 valence electrons. The van der Waals surface area contributed by atoms with Crippen LogP contribution in [0.2, 0.25) is 0 Å². The Labute approximate surface area is 124 Å². The van der Waals surface area contributed by atoms with Crippen LogP contribution in [0.3, 0.4) is 0 Å². The summed E-state index contributed by atoms with van der Waals surface area (Å²) < 4.78 is 2.05. The maximum Gasteiger partial charge on any atom is 0.267 e. The quantitative estimate of drug-likeness (QED) is 0.937. The van der Waals surface area contributed by atoms with Gasteiger partial charge in [-0.3, -0.25) is 9.59 Å². The van der Waals surface area contributed by atoms with E-state index in [0.717, 1.165) is 4.47 Å². The highest BCUT2D eigenvalue weighted by atomic mass is 79.9. The minimum absolute atomic E-state index is 0.289. The number of benzene rings is 1. The molecule has 0 bridgehead atoms. The Morgan fingerprint density at radius 3 is 2.80 bits per heavy atom. The molecule has 0 aliphatic heterocycles. The van der Waals surface area contributed by atoms with Crippen LogP contribution in [0.15, 0.2) is 45.7 Å². The number of nitrogens with zero attached hydrogens (tertiary/aromatic N) is 2. The monoisotopic (exact) mass is 335 g/mol. The molecular formula is C14H14BrN3O2. The summed E-state index contributed by atoms with van der Waals surface area (Å²) in [6.07, 6.45) is 0. The van der Waals surface area contributed by atoms with Gasteiger partial charge in [0, 0.05) is 16.2 Å². The van der Waals surface area contributed by atoms with E-state index >= 15 is 0 Å². The van der Waals surface area contributed by atoms with Crippen LogP contribution >= 0.6 is 15.9 Å². The first-order valence-corrected chi connectivity index (χ1v) is 6.89. The predicted molar refractivity (Wildman–Crippen MR) is 80.7 cm³/mol. The summed E-state index contributed by atoms with van der Waals surface area (Å²) in [5.74, 6) is -0.289. The number of nitrogens with one attached hydrogen (secondary N) is 1. The molecule has 20 heavy (non-hydrogen) atoms. The highest BCUT2D eigenvalue weighted by Gasteiger charge is 2.17. The average Bonchev–Trinajstić information content (AvgIpc) is 2.40. The molecule has 0 radical (unpaired) electrons. The zero-order valence-electron chi connectivity index (χ0n) is 11.1. The first-order chi connectivity index (χ1) is 9.47. The van der Waals surface area contributed by atoms with E-state index < -0.39 is 6.04 Å². The van der Waals surface area contributed by atoms with Crippen LogP contribution in [-0.2, 0) is 4.79 Å². The standard InChI is InChI=1S/C14H14BrN3O2/c1-9-6-7-13(19)18(17-9)10(2)14(20)16-12-5-3-4-11(15)8-12/h3-8,10H,1-2H3,(H,16,20). The van der Waals surface area contributed by atoms with Crippen LogP contribution < -0.4 is 10.9 Å². The molecule has 0 aliphatic rings. The van der Waals surface area contributed by atoms with E-state index in [1.54, 1.807) is 32.0 Å². The topological polar surface area (TPSA) is 64.0 Å². The van der Waals surface area contributed by atoms with Gasteiger partial charge in [-0.2, -0.15) is 5.10 Å². The molecule has 1 aromatic heterocycles. The molecule has 2 rings (SSSR count). The lowest BCUT2D eigenvalue weighted by atomic mass is 10.2. The zero-order valence-corrected chi connectivity index (χ0v) is 12.7. The Kier molecular flexibility index (Phi) is 4.34. The second kappa shape index (κ2) is 6.00. The van der Waals surface area contributed by atoms with Gasteiger partial charge < -0.3 is 5.32 Å². The van der Waals surface area contributed by atoms with E-state index in [1.807, 2.05) is 12.1 Å². The third kappa shape index (κ3) is 3.33. The lowest BCUT2D eigenvalue weighted by molar-refractivity contribution is -0.119.